The molecule has 0 amide bonds. The Balaban J connectivity index is 2.26. The van der Waals surface area contributed by atoms with E-state index in [9.17, 15) is 12.8 Å². The Hall–Kier alpha value is -1.92. The number of benzene rings is 2. The Morgan fingerprint density at radius 1 is 1.09 bits per heavy atom. The van der Waals surface area contributed by atoms with E-state index in [1.807, 2.05) is 12.1 Å². The maximum Gasteiger partial charge on any atom is 0.209 e. The van der Waals surface area contributed by atoms with Gasteiger partial charge in [-0.3, -0.25) is 0 Å². The van der Waals surface area contributed by atoms with Gasteiger partial charge in [0.15, 0.2) is 0 Å². The molecule has 0 bridgehead atoms. The zero-order valence-electron chi connectivity index (χ0n) is 12.4. The highest BCUT2D eigenvalue weighted by atomic mass is 32.2. The van der Waals surface area contributed by atoms with Crippen LogP contribution < -0.4 is 9.46 Å². The van der Waals surface area contributed by atoms with Crippen LogP contribution in [0.1, 0.15) is 17.2 Å². The SMILES string of the molecule is COc1ccc([C@@H](Cc2ccc(F)cc2)NS(C)(=O)=O)cc1. The molecule has 0 aliphatic carbocycles. The minimum Gasteiger partial charge on any atom is -0.497 e. The molecule has 0 aliphatic rings. The van der Waals surface area contributed by atoms with E-state index >= 15 is 0 Å². The molecule has 0 fully saturated rings. The second-order valence-electron chi connectivity index (χ2n) is 5.05. The van der Waals surface area contributed by atoms with Gasteiger partial charge in [-0.15, -0.1) is 0 Å². The van der Waals surface area contributed by atoms with E-state index in [1.165, 1.54) is 12.1 Å². The summed E-state index contributed by atoms with van der Waals surface area (Å²) in [5, 5.41) is 0. The molecule has 0 heterocycles. The lowest BCUT2D eigenvalue weighted by Crippen LogP contribution is -2.28. The Kier molecular flexibility index (Phi) is 5.15. The van der Waals surface area contributed by atoms with Crippen molar-refractivity contribution in [1.82, 2.24) is 4.72 Å². The fourth-order valence-corrected chi connectivity index (χ4v) is 2.91. The third-order valence-corrected chi connectivity index (χ3v) is 3.94. The molecule has 0 radical (unpaired) electrons. The number of ether oxygens (including phenoxy) is 1. The average Bonchev–Trinajstić information content (AvgIpc) is 2.48. The van der Waals surface area contributed by atoms with Gasteiger partial charge in [-0.1, -0.05) is 24.3 Å². The number of methoxy groups -OCH3 is 1. The zero-order valence-corrected chi connectivity index (χ0v) is 13.2. The van der Waals surface area contributed by atoms with Crippen LogP contribution in [0.5, 0.6) is 5.75 Å². The van der Waals surface area contributed by atoms with Crippen LogP contribution >= 0.6 is 0 Å². The molecule has 2 aromatic carbocycles. The van der Waals surface area contributed by atoms with Gasteiger partial charge in [0.2, 0.25) is 10.0 Å². The molecule has 0 aliphatic heterocycles. The van der Waals surface area contributed by atoms with Gasteiger partial charge >= 0.3 is 0 Å². The summed E-state index contributed by atoms with van der Waals surface area (Å²) in [5.41, 5.74) is 1.66. The summed E-state index contributed by atoms with van der Waals surface area (Å²) in [7, 11) is -1.80. The van der Waals surface area contributed by atoms with Gasteiger partial charge in [0.1, 0.15) is 11.6 Å². The molecular formula is C16H18FNO3S. The zero-order chi connectivity index (χ0) is 16.2. The summed E-state index contributed by atoms with van der Waals surface area (Å²) >= 11 is 0. The number of rotatable bonds is 6. The molecule has 2 rings (SSSR count). The van der Waals surface area contributed by atoms with Crippen molar-refractivity contribution in [3.63, 3.8) is 0 Å². The van der Waals surface area contributed by atoms with Gasteiger partial charge < -0.3 is 4.74 Å². The minimum atomic E-state index is -3.37. The molecule has 0 saturated carbocycles. The van der Waals surface area contributed by atoms with E-state index in [0.717, 1.165) is 17.4 Å². The van der Waals surface area contributed by atoms with Crippen LogP contribution in [0.15, 0.2) is 48.5 Å². The second-order valence-corrected chi connectivity index (χ2v) is 6.83. The van der Waals surface area contributed by atoms with Gasteiger partial charge in [-0.2, -0.15) is 0 Å². The van der Waals surface area contributed by atoms with Crippen molar-refractivity contribution in [3.8, 4) is 5.75 Å². The topological polar surface area (TPSA) is 55.4 Å². The molecule has 0 unspecified atom stereocenters. The molecule has 2 aromatic rings. The van der Waals surface area contributed by atoms with E-state index in [-0.39, 0.29) is 5.82 Å². The van der Waals surface area contributed by atoms with Gasteiger partial charge in [-0.25, -0.2) is 17.5 Å². The number of hydrogen-bond donors (Lipinski definition) is 1. The molecule has 4 nitrogen and oxygen atoms in total. The van der Waals surface area contributed by atoms with E-state index in [0.29, 0.717) is 12.2 Å². The van der Waals surface area contributed by atoms with E-state index < -0.39 is 16.1 Å². The molecule has 1 N–H and O–H groups in total. The summed E-state index contributed by atoms with van der Waals surface area (Å²) in [5.74, 6) is 0.379. The molecule has 1 atom stereocenters. The molecule has 0 saturated heterocycles. The molecule has 0 spiro atoms. The van der Waals surface area contributed by atoms with Crippen LogP contribution in [-0.4, -0.2) is 21.8 Å². The van der Waals surface area contributed by atoms with Crippen LogP contribution in [0.2, 0.25) is 0 Å². The van der Waals surface area contributed by atoms with Crippen LogP contribution in [0.4, 0.5) is 4.39 Å². The standard InChI is InChI=1S/C16H18FNO3S/c1-21-15-9-5-13(6-10-15)16(18-22(2,19)20)11-12-3-7-14(17)8-4-12/h3-10,16,18H,11H2,1-2H3/t16-/m1/s1. The maximum atomic E-state index is 13.0. The highest BCUT2D eigenvalue weighted by molar-refractivity contribution is 7.88. The monoisotopic (exact) mass is 323 g/mol. The first kappa shape index (κ1) is 16.5. The van der Waals surface area contributed by atoms with Gasteiger partial charge in [0.25, 0.3) is 0 Å². The number of hydrogen-bond acceptors (Lipinski definition) is 3. The molecule has 22 heavy (non-hydrogen) atoms. The quantitative estimate of drug-likeness (QED) is 0.889. The molecular weight excluding hydrogens is 305 g/mol. The smallest absolute Gasteiger partial charge is 0.209 e. The number of halogens is 1. The van der Waals surface area contributed by atoms with Crippen LogP contribution in [0.25, 0.3) is 0 Å². The maximum absolute atomic E-state index is 13.0. The third kappa shape index (κ3) is 4.82. The number of sulfonamides is 1. The van der Waals surface area contributed by atoms with E-state index in [2.05, 4.69) is 4.72 Å². The lowest BCUT2D eigenvalue weighted by molar-refractivity contribution is 0.414. The summed E-state index contributed by atoms with van der Waals surface area (Å²) in [6.45, 7) is 0. The van der Waals surface area contributed by atoms with Gasteiger partial charge in [0.05, 0.1) is 19.4 Å². The van der Waals surface area contributed by atoms with Crippen molar-refractivity contribution in [1.29, 1.82) is 0 Å². The third-order valence-electron chi connectivity index (χ3n) is 3.23. The van der Waals surface area contributed by atoms with Crippen LogP contribution in [0, 0.1) is 5.82 Å². The summed E-state index contributed by atoms with van der Waals surface area (Å²) < 4.78 is 43.9. The predicted molar refractivity (Wildman–Crippen MR) is 83.8 cm³/mol. The van der Waals surface area contributed by atoms with Crippen molar-refractivity contribution in [3.05, 3.63) is 65.5 Å². The Bertz CT molecular complexity index is 712. The number of nitrogens with one attached hydrogen (secondary N) is 1. The van der Waals surface area contributed by atoms with Crippen molar-refractivity contribution in [2.24, 2.45) is 0 Å². The van der Waals surface area contributed by atoms with E-state index in [4.69, 9.17) is 4.74 Å². The fourth-order valence-electron chi connectivity index (χ4n) is 2.18. The first-order valence-electron chi connectivity index (χ1n) is 6.73. The van der Waals surface area contributed by atoms with Crippen LogP contribution in [-0.2, 0) is 16.4 Å². The summed E-state index contributed by atoms with van der Waals surface area (Å²) in [6.07, 6.45) is 1.55. The van der Waals surface area contributed by atoms with Crippen molar-refractivity contribution in [2.75, 3.05) is 13.4 Å². The van der Waals surface area contributed by atoms with E-state index in [1.54, 1.807) is 31.4 Å². The lowest BCUT2D eigenvalue weighted by Gasteiger charge is -2.18. The largest absolute Gasteiger partial charge is 0.497 e. The minimum absolute atomic E-state index is 0.319. The normalized spacial score (nSPS) is 12.9. The Labute approximate surface area is 130 Å². The lowest BCUT2D eigenvalue weighted by atomic mass is 9.99. The fraction of sp³-hybridized carbons (Fsp3) is 0.250. The van der Waals surface area contributed by atoms with Crippen molar-refractivity contribution < 1.29 is 17.5 Å². The van der Waals surface area contributed by atoms with Gasteiger partial charge in [-0.05, 0) is 41.8 Å². The van der Waals surface area contributed by atoms with Gasteiger partial charge in [0, 0.05) is 0 Å². The van der Waals surface area contributed by atoms with Crippen molar-refractivity contribution in [2.45, 2.75) is 12.5 Å². The highest BCUT2D eigenvalue weighted by Gasteiger charge is 2.17. The molecule has 118 valence electrons. The first-order valence-corrected chi connectivity index (χ1v) is 8.62. The molecule has 6 heteroatoms. The van der Waals surface area contributed by atoms with Crippen molar-refractivity contribution >= 4 is 10.0 Å². The predicted octanol–water partition coefficient (Wildman–Crippen LogP) is 2.67. The Morgan fingerprint density at radius 2 is 1.68 bits per heavy atom. The first-order chi connectivity index (χ1) is 10.4. The summed E-state index contributed by atoms with van der Waals surface area (Å²) in [4.78, 5) is 0. The second kappa shape index (κ2) is 6.89. The molecule has 0 aromatic heterocycles. The average molecular weight is 323 g/mol. The Morgan fingerprint density at radius 3 is 2.18 bits per heavy atom. The van der Waals surface area contributed by atoms with Crippen LogP contribution in [0.3, 0.4) is 0 Å². The highest BCUT2D eigenvalue weighted by Crippen LogP contribution is 2.22. The summed E-state index contributed by atoms with van der Waals surface area (Å²) in [6, 6.07) is 12.8.